The Morgan fingerprint density at radius 1 is 1.15 bits per heavy atom. The van der Waals surface area contributed by atoms with Crippen molar-refractivity contribution in [3.05, 3.63) is 36.0 Å². The van der Waals surface area contributed by atoms with Gasteiger partial charge in [0.2, 0.25) is 11.0 Å². The lowest BCUT2D eigenvalue weighted by molar-refractivity contribution is 0.383. The Kier molecular flexibility index (Phi) is 4.58. The van der Waals surface area contributed by atoms with Crippen LogP contribution in [0.2, 0.25) is 0 Å². The number of nitrogens with zero attached hydrogens (tertiary/aromatic N) is 6. The molecule has 3 heterocycles. The molecule has 0 aliphatic heterocycles. The van der Waals surface area contributed by atoms with Crippen LogP contribution in [0.15, 0.2) is 33.9 Å². The lowest BCUT2D eigenvalue weighted by Gasteiger charge is -2.04. The normalized spacial score (nSPS) is 11.8. The first-order chi connectivity index (χ1) is 12.7. The highest BCUT2D eigenvalue weighted by Gasteiger charge is 2.15. The van der Waals surface area contributed by atoms with Crippen molar-refractivity contribution in [2.24, 2.45) is 0 Å². The van der Waals surface area contributed by atoms with E-state index in [-0.39, 0.29) is 5.92 Å². The lowest BCUT2D eigenvalue weighted by Crippen LogP contribution is -2.00. The maximum atomic E-state index is 5.28. The molecule has 0 fully saturated rings. The van der Waals surface area contributed by atoms with E-state index < -0.39 is 0 Å². The molecule has 0 N–H and O–H groups in total. The van der Waals surface area contributed by atoms with Crippen molar-refractivity contribution in [3.63, 3.8) is 0 Å². The number of para-hydroxylation sites is 1. The second kappa shape index (κ2) is 7.03. The maximum Gasteiger partial charge on any atom is 0.237 e. The number of rotatable bonds is 6. The lowest BCUT2D eigenvalue weighted by atomic mass is 10.2. The maximum absolute atomic E-state index is 5.28. The van der Waals surface area contributed by atoms with Gasteiger partial charge in [-0.05, 0) is 12.5 Å². The molecule has 0 amide bonds. The van der Waals surface area contributed by atoms with Crippen LogP contribution in [0, 0.1) is 0 Å². The summed E-state index contributed by atoms with van der Waals surface area (Å²) >= 11 is 1.46. The van der Waals surface area contributed by atoms with Crippen LogP contribution in [0.4, 0.5) is 0 Å². The van der Waals surface area contributed by atoms with Gasteiger partial charge in [0.15, 0.2) is 11.5 Å². The third-order valence-electron chi connectivity index (χ3n) is 4.13. The van der Waals surface area contributed by atoms with Crippen molar-refractivity contribution >= 4 is 33.8 Å². The molecule has 134 valence electrons. The van der Waals surface area contributed by atoms with E-state index >= 15 is 0 Å². The van der Waals surface area contributed by atoms with Crippen LogP contribution < -0.4 is 0 Å². The van der Waals surface area contributed by atoms with E-state index in [2.05, 4.69) is 44.0 Å². The van der Waals surface area contributed by atoms with Crippen molar-refractivity contribution in [3.8, 4) is 0 Å². The molecular weight excluding hydrogens is 348 g/mol. The predicted octanol–water partition coefficient (Wildman–Crippen LogP) is 4.19. The Hall–Kier alpha value is -2.48. The standard InChI is InChI=1S/C18H20N6OS/c1-4-9-24-13-8-6-5-7-12(13)15-17(24)20-18(22-21-15)26-10-14-19-16(11(2)3)23-25-14/h5-8,11H,4,9-10H2,1-3H3. The van der Waals surface area contributed by atoms with Gasteiger partial charge in [0.25, 0.3) is 0 Å². The Morgan fingerprint density at radius 3 is 2.77 bits per heavy atom. The molecule has 4 aromatic rings. The summed E-state index contributed by atoms with van der Waals surface area (Å²) in [6.07, 6.45) is 1.03. The molecule has 7 nitrogen and oxygen atoms in total. The van der Waals surface area contributed by atoms with E-state index in [9.17, 15) is 0 Å². The molecule has 0 aliphatic rings. The number of thioether (sulfide) groups is 1. The molecule has 0 bridgehead atoms. The molecule has 3 aromatic heterocycles. The second-order valence-electron chi connectivity index (χ2n) is 6.43. The minimum atomic E-state index is 0.247. The Balaban J connectivity index is 1.66. The van der Waals surface area contributed by atoms with Gasteiger partial charge in [-0.25, -0.2) is 4.98 Å². The Morgan fingerprint density at radius 2 is 2.00 bits per heavy atom. The van der Waals surface area contributed by atoms with Gasteiger partial charge in [0.05, 0.1) is 11.3 Å². The van der Waals surface area contributed by atoms with Crippen molar-refractivity contribution in [2.75, 3.05) is 0 Å². The van der Waals surface area contributed by atoms with Crippen molar-refractivity contribution < 1.29 is 4.52 Å². The smallest absolute Gasteiger partial charge is 0.237 e. The van der Waals surface area contributed by atoms with Crippen LogP contribution in [-0.2, 0) is 12.3 Å². The van der Waals surface area contributed by atoms with Crippen LogP contribution in [-0.4, -0.2) is 29.9 Å². The molecule has 8 heteroatoms. The minimum absolute atomic E-state index is 0.247. The first kappa shape index (κ1) is 17.0. The first-order valence-electron chi connectivity index (χ1n) is 8.74. The fourth-order valence-corrected chi connectivity index (χ4v) is 3.51. The molecule has 1 aromatic carbocycles. The molecule has 0 unspecified atom stereocenters. The van der Waals surface area contributed by atoms with E-state index in [4.69, 9.17) is 9.51 Å². The fraction of sp³-hybridized carbons (Fsp3) is 0.389. The summed E-state index contributed by atoms with van der Waals surface area (Å²) in [6.45, 7) is 7.13. The van der Waals surface area contributed by atoms with Gasteiger partial charge in [-0.2, -0.15) is 4.98 Å². The minimum Gasteiger partial charge on any atom is -0.338 e. The van der Waals surface area contributed by atoms with Crippen LogP contribution >= 0.6 is 11.8 Å². The number of hydrogen-bond donors (Lipinski definition) is 0. The molecule has 0 spiro atoms. The average Bonchev–Trinajstić information content (AvgIpc) is 3.24. The summed E-state index contributed by atoms with van der Waals surface area (Å²) in [6, 6.07) is 8.23. The van der Waals surface area contributed by atoms with Gasteiger partial charge in [-0.1, -0.05) is 55.9 Å². The second-order valence-corrected chi connectivity index (χ2v) is 7.37. The number of fused-ring (bicyclic) bond motifs is 3. The molecule has 0 saturated heterocycles. The van der Waals surface area contributed by atoms with Gasteiger partial charge < -0.3 is 9.09 Å². The van der Waals surface area contributed by atoms with E-state index in [1.165, 1.54) is 11.8 Å². The molecule has 0 aliphatic carbocycles. The molecular formula is C18H20N6OS. The summed E-state index contributed by atoms with van der Waals surface area (Å²) in [5.74, 6) is 2.08. The van der Waals surface area contributed by atoms with Crippen LogP contribution in [0.1, 0.15) is 44.8 Å². The van der Waals surface area contributed by atoms with Gasteiger partial charge in [-0.15, -0.1) is 10.2 Å². The van der Waals surface area contributed by atoms with Crippen molar-refractivity contribution in [1.82, 2.24) is 29.9 Å². The quantitative estimate of drug-likeness (QED) is 0.472. The van der Waals surface area contributed by atoms with Gasteiger partial charge in [0.1, 0.15) is 5.52 Å². The summed E-state index contributed by atoms with van der Waals surface area (Å²) < 4.78 is 7.50. The van der Waals surface area contributed by atoms with Crippen LogP contribution in [0.3, 0.4) is 0 Å². The van der Waals surface area contributed by atoms with Crippen LogP contribution in [0.25, 0.3) is 22.1 Å². The highest BCUT2D eigenvalue weighted by atomic mass is 32.2. The third kappa shape index (κ3) is 3.05. The van der Waals surface area contributed by atoms with E-state index in [1.807, 2.05) is 26.0 Å². The number of hydrogen-bond acceptors (Lipinski definition) is 7. The van der Waals surface area contributed by atoms with Gasteiger partial charge in [-0.3, -0.25) is 0 Å². The zero-order valence-corrected chi connectivity index (χ0v) is 15.8. The Labute approximate surface area is 155 Å². The molecule has 0 atom stereocenters. The monoisotopic (exact) mass is 368 g/mol. The van der Waals surface area contributed by atoms with E-state index in [0.29, 0.717) is 16.8 Å². The van der Waals surface area contributed by atoms with Crippen molar-refractivity contribution in [2.45, 2.75) is 50.6 Å². The summed E-state index contributed by atoms with van der Waals surface area (Å²) in [7, 11) is 0. The molecule has 0 saturated carbocycles. The number of benzene rings is 1. The summed E-state index contributed by atoms with van der Waals surface area (Å²) in [5.41, 5.74) is 2.86. The Bertz CT molecular complexity index is 1050. The zero-order valence-electron chi connectivity index (χ0n) is 15.0. The van der Waals surface area contributed by atoms with Gasteiger partial charge in [0, 0.05) is 17.8 Å². The highest BCUT2D eigenvalue weighted by Crippen LogP contribution is 2.28. The van der Waals surface area contributed by atoms with E-state index in [0.717, 1.165) is 40.9 Å². The third-order valence-corrected chi connectivity index (χ3v) is 4.95. The average molecular weight is 368 g/mol. The summed E-state index contributed by atoms with van der Waals surface area (Å²) in [4.78, 5) is 9.14. The molecule has 0 radical (unpaired) electrons. The number of aryl methyl sites for hydroxylation is 1. The fourth-order valence-electron chi connectivity index (χ4n) is 2.89. The highest BCUT2D eigenvalue weighted by molar-refractivity contribution is 7.98. The largest absolute Gasteiger partial charge is 0.338 e. The summed E-state index contributed by atoms with van der Waals surface area (Å²) in [5, 5.41) is 14.4. The molecule has 4 rings (SSSR count). The first-order valence-corrected chi connectivity index (χ1v) is 9.73. The van der Waals surface area contributed by atoms with Crippen molar-refractivity contribution in [1.29, 1.82) is 0 Å². The van der Waals surface area contributed by atoms with E-state index in [1.54, 1.807) is 0 Å². The van der Waals surface area contributed by atoms with Crippen LogP contribution in [0.5, 0.6) is 0 Å². The topological polar surface area (TPSA) is 82.5 Å². The zero-order chi connectivity index (χ0) is 18.1. The SMILES string of the molecule is CCCn1c2ccccc2c2nnc(SCc3nc(C(C)C)no3)nc21. The molecule has 26 heavy (non-hydrogen) atoms. The number of aromatic nitrogens is 6. The van der Waals surface area contributed by atoms with Gasteiger partial charge >= 0.3 is 0 Å². The predicted molar refractivity (Wildman–Crippen MR) is 101 cm³/mol.